The van der Waals surface area contributed by atoms with Crippen LogP contribution in [0.25, 0.3) is 11.1 Å². The molecule has 0 aromatic carbocycles. The Morgan fingerprint density at radius 3 is 2.53 bits per heavy atom. The largest absolute Gasteiger partial charge is 0.329 e. The van der Waals surface area contributed by atoms with Crippen LogP contribution in [0.15, 0.2) is 40.1 Å². The molecular formula is C11H10N2O2. The normalized spacial score (nSPS) is 10.2. The van der Waals surface area contributed by atoms with Gasteiger partial charge in [0.05, 0.1) is 0 Å². The lowest BCUT2D eigenvalue weighted by molar-refractivity contribution is 1.14. The molecule has 0 amide bonds. The Balaban J connectivity index is 2.64. The lowest BCUT2D eigenvalue weighted by atomic mass is 10.1. The average molecular weight is 202 g/mol. The maximum atomic E-state index is 11.1. The minimum atomic E-state index is -0.155. The van der Waals surface area contributed by atoms with Gasteiger partial charge in [-0.1, -0.05) is 0 Å². The van der Waals surface area contributed by atoms with Gasteiger partial charge >= 0.3 is 0 Å². The number of hydrogen-bond acceptors (Lipinski definition) is 2. The molecule has 0 unspecified atom stereocenters. The summed E-state index contributed by atoms with van der Waals surface area (Å²) in [6, 6.07) is 6.45. The summed E-state index contributed by atoms with van der Waals surface area (Å²) in [5.74, 6) is 0. The highest BCUT2D eigenvalue weighted by Gasteiger charge is 2.02. The van der Waals surface area contributed by atoms with Gasteiger partial charge < -0.3 is 9.97 Å². The number of aromatic nitrogens is 2. The Morgan fingerprint density at radius 1 is 1.07 bits per heavy atom. The molecule has 0 spiro atoms. The monoisotopic (exact) mass is 202 g/mol. The second-order valence-electron chi connectivity index (χ2n) is 3.30. The summed E-state index contributed by atoms with van der Waals surface area (Å²) in [4.78, 5) is 27.4. The predicted octanol–water partition coefficient (Wildman–Crippen LogP) is 1.04. The van der Waals surface area contributed by atoms with E-state index in [-0.39, 0.29) is 11.1 Å². The summed E-state index contributed by atoms with van der Waals surface area (Å²) < 4.78 is 0. The fourth-order valence-corrected chi connectivity index (χ4v) is 1.50. The molecule has 0 aliphatic rings. The number of hydrogen-bond donors (Lipinski definition) is 2. The van der Waals surface area contributed by atoms with Gasteiger partial charge in [-0.15, -0.1) is 0 Å². The fourth-order valence-electron chi connectivity index (χ4n) is 1.50. The van der Waals surface area contributed by atoms with Crippen molar-refractivity contribution >= 4 is 0 Å². The molecule has 2 N–H and O–H groups in total. The Hall–Kier alpha value is -2.10. The first-order valence-corrected chi connectivity index (χ1v) is 4.56. The van der Waals surface area contributed by atoms with Crippen molar-refractivity contribution in [1.82, 2.24) is 9.97 Å². The summed E-state index contributed by atoms with van der Waals surface area (Å²) in [6.07, 6.45) is 1.59. The van der Waals surface area contributed by atoms with E-state index in [2.05, 4.69) is 9.97 Å². The van der Waals surface area contributed by atoms with Crippen molar-refractivity contribution in [3.63, 3.8) is 0 Å². The average Bonchev–Trinajstić information content (AvgIpc) is 2.17. The number of pyridine rings is 2. The fraction of sp³-hybridized carbons (Fsp3) is 0.0909. The first-order valence-electron chi connectivity index (χ1n) is 4.56. The molecule has 4 nitrogen and oxygen atoms in total. The molecular weight excluding hydrogens is 192 g/mol. The minimum Gasteiger partial charge on any atom is -0.329 e. The molecule has 0 bridgehead atoms. The van der Waals surface area contributed by atoms with Gasteiger partial charge in [0.2, 0.25) is 11.1 Å². The lowest BCUT2D eigenvalue weighted by Gasteiger charge is -2.03. The first kappa shape index (κ1) is 9.45. The Morgan fingerprint density at radius 2 is 1.87 bits per heavy atom. The molecule has 0 saturated heterocycles. The van der Waals surface area contributed by atoms with Crippen LogP contribution in [0.2, 0.25) is 0 Å². The number of H-pyrrole nitrogens is 2. The van der Waals surface area contributed by atoms with Crippen molar-refractivity contribution in [2.24, 2.45) is 0 Å². The Bertz CT molecular complexity index is 596. The third kappa shape index (κ3) is 1.88. The highest BCUT2D eigenvalue weighted by Crippen LogP contribution is 2.17. The van der Waals surface area contributed by atoms with Gasteiger partial charge in [0, 0.05) is 29.6 Å². The molecule has 2 aromatic heterocycles. The summed E-state index contributed by atoms with van der Waals surface area (Å²) in [7, 11) is 0. The van der Waals surface area contributed by atoms with Gasteiger partial charge in [0.1, 0.15) is 0 Å². The van der Waals surface area contributed by atoms with Gasteiger partial charge in [0.15, 0.2) is 0 Å². The van der Waals surface area contributed by atoms with E-state index < -0.39 is 0 Å². The molecule has 0 saturated carbocycles. The molecule has 15 heavy (non-hydrogen) atoms. The van der Waals surface area contributed by atoms with Gasteiger partial charge in [-0.2, -0.15) is 0 Å². The molecule has 2 aromatic rings. The van der Waals surface area contributed by atoms with E-state index in [4.69, 9.17) is 0 Å². The van der Waals surface area contributed by atoms with Crippen LogP contribution in [-0.4, -0.2) is 9.97 Å². The zero-order chi connectivity index (χ0) is 10.8. The quantitative estimate of drug-likeness (QED) is 0.725. The maximum Gasteiger partial charge on any atom is 0.248 e. The van der Waals surface area contributed by atoms with Gasteiger partial charge in [-0.3, -0.25) is 9.59 Å². The molecule has 4 heteroatoms. The highest BCUT2D eigenvalue weighted by atomic mass is 16.1. The third-order valence-electron chi connectivity index (χ3n) is 2.20. The van der Waals surface area contributed by atoms with Gasteiger partial charge in [-0.05, 0) is 24.6 Å². The van der Waals surface area contributed by atoms with E-state index in [9.17, 15) is 9.59 Å². The van der Waals surface area contributed by atoms with Crippen LogP contribution in [0, 0.1) is 6.92 Å². The highest BCUT2D eigenvalue weighted by molar-refractivity contribution is 5.64. The molecule has 0 radical (unpaired) electrons. The van der Waals surface area contributed by atoms with Gasteiger partial charge in [-0.25, -0.2) is 0 Å². The van der Waals surface area contributed by atoms with E-state index in [0.717, 1.165) is 16.8 Å². The lowest BCUT2D eigenvalue weighted by Crippen LogP contribution is -2.07. The van der Waals surface area contributed by atoms with Crippen molar-refractivity contribution in [3.8, 4) is 11.1 Å². The molecule has 2 heterocycles. The smallest absolute Gasteiger partial charge is 0.248 e. The standard InChI is InChI=1S/C11H10N2O2/c1-7-9(2-3-10(14)13-7)8-4-5-12-11(15)6-8/h2-6H,1H3,(H,12,15)(H,13,14). The van der Waals surface area contributed by atoms with Crippen LogP contribution in [0.4, 0.5) is 0 Å². The Labute approximate surface area is 85.6 Å². The van der Waals surface area contributed by atoms with Crippen molar-refractivity contribution in [2.75, 3.05) is 0 Å². The maximum absolute atomic E-state index is 11.1. The van der Waals surface area contributed by atoms with E-state index in [1.54, 1.807) is 25.3 Å². The zero-order valence-corrected chi connectivity index (χ0v) is 8.20. The van der Waals surface area contributed by atoms with Crippen LogP contribution < -0.4 is 11.1 Å². The predicted molar refractivity (Wildman–Crippen MR) is 57.9 cm³/mol. The summed E-state index contributed by atoms with van der Waals surface area (Å²) in [5, 5.41) is 0. The summed E-state index contributed by atoms with van der Waals surface area (Å²) >= 11 is 0. The number of rotatable bonds is 1. The molecule has 0 fully saturated rings. The van der Waals surface area contributed by atoms with E-state index in [0.29, 0.717) is 0 Å². The van der Waals surface area contributed by atoms with Crippen LogP contribution in [0.1, 0.15) is 5.69 Å². The van der Waals surface area contributed by atoms with Crippen LogP contribution in [0.5, 0.6) is 0 Å². The molecule has 2 rings (SSSR count). The van der Waals surface area contributed by atoms with Crippen molar-refractivity contribution in [1.29, 1.82) is 0 Å². The number of aromatic amines is 2. The van der Waals surface area contributed by atoms with Crippen LogP contribution in [0.3, 0.4) is 0 Å². The summed E-state index contributed by atoms with van der Waals surface area (Å²) in [6.45, 7) is 1.80. The molecule has 76 valence electrons. The van der Waals surface area contributed by atoms with E-state index in [1.165, 1.54) is 12.1 Å². The van der Waals surface area contributed by atoms with Crippen LogP contribution in [-0.2, 0) is 0 Å². The third-order valence-corrected chi connectivity index (χ3v) is 2.20. The van der Waals surface area contributed by atoms with Crippen LogP contribution >= 0.6 is 0 Å². The summed E-state index contributed by atoms with van der Waals surface area (Å²) in [5.41, 5.74) is 2.13. The van der Waals surface area contributed by atoms with E-state index >= 15 is 0 Å². The van der Waals surface area contributed by atoms with Crippen molar-refractivity contribution < 1.29 is 0 Å². The Kier molecular flexibility index (Phi) is 2.25. The number of nitrogens with one attached hydrogen (secondary N) is 2. The second-order valence-corrected chi connectivity index (χ2v) is 3.30. The molecule has 0 atom stereocenters. The molecule has 0 aliphatic carbocycles. The number of aryl methyl sites for hydroxylation is 1. The topological polar surface area (TPSA) is 65.7 Å². The van der Waals surface area contributed by atoms with Crippen molar-refractivity contribution in [3.05, 3.63) is 56.9 Å². The molecule has 0 aliphatic heterocycles. The first-order chi connectivity index (χ1) is 7.16. The minimum absolute atomic E-state index is 0.138. The zero-order valence-electron chi connectivity index (χ0n) is 8.20. The SMILES string of the molecule is Cc1[nH]c(=O)ccc1-c1cc[nH]c(=O)c1. The van der Waals surface area contributed by atoms with Crippen molar-refractivity contribution in [2.45, 2.75) is 6.92 Å². The van der Waals surface area contributed by atoms with Gasteiger partial charge in [0.25, 0.3) is 0 Å². The van der Waals surface area contributed by atoms with E-state index in [1.807, 2.05) is 0 Å². The second kappa shape index (κ2) is 3.57.